The Hall–Kier alpha value is -3.71. The number of aromatic nitrogens is 1. The zero-order valence-corrected chi connectivity index (χ0v) is 22.0. The number of hydrogen-bond donors (Lipinski definition) is 4. The first-order chi connectivity index (χ1) is 18.3. The van der Waals surface area contributed by atoms with Gasteiger partial charge in [-0.2, -0.15) is 0 Å². The van der Waals surface area contributed by atoms with Crippen LogP contribution in [0, 0.1) is 11.8 Å². The number of phenols is 1. The molecule has 0 bridgehead atoms. The number of allylic oxidation sites excluding steroid dienone is 10. The van der Waals surface area contributed by atoms with Gasteiger partial charge in [0.1, 0.15) is 11.4 Å². The van der Waals surface area contributed by atoms with E-state index >= 15 is 0 Å². The van der Waals surface area contributed by atoms with Gasteiger partial charge in [-0.15, -0.1) is 0 Å². The standard InChI is InChI=1S/C31H33ClN2O4/c1-3-4-5-6-10-23(19-21(2)35)29(22-11-9-12-24(32)15-14-22)30(37)26-17-16-25(20-28(26)36)34-31(38)27-13-7-8-18-33-27/h3-11,13-18,20-21,23,29-30,35-37H,1,12,19H2,2H3,(H,34,38)/b5-4-,10-6+/t21-,23-,29-,30-/m1/s1. The maximum absolute atomic E-state index is 12.5. The number of nitrogens with zero attached hydrogens (tertiary/aromatic N) is 1. The quantitative estimate of drug-likeness (QED) is 0.251. The lowest BCUT2D eigenvalue weighted by Crippen LogP contribution is -2.25. The normalized spacial score (nSPS) is 16.8. The van der Waals surface area contributed by atoms with Crippen LogP contribution in [-0.2, 0) is 0 Å². The van der Waals surface area contributed by atoms with Crippen LogP contribution in [0.3, 0.4) is 0 Å². The molecule has 3 rings (SSSR count). The third-order valence-corrected chi connectivity index (χ3v) is 6.38. The van der Waals surface area contributed by atoms with Crippen LogP contribution in [0.2, 0.25) is 0 Å². The third kappa shape index (κ3) is 8.15. The molecule has 0 aliphatic heterocycles. The average molecular weight is 533 g/mol. The molecule has 1 aliphatic carbocycles. The number of aliphatic hydroxyl groups excluding tert-OH is 2. The van der Waals surface area contributed by atoms with Crippen LogP contribution in [0.5, 0.6) is 5.75 Å². The smallest absolute Gasteiger partial charge is 0.274 e. The number of phenolic OH excluding ortho intramolecular Hbond substituents is 1. The van der Waals surface area contributed by atoms with Crippen LogP contribution >= 0.6 is 11.6 Å². The summed E-state index contributed by atoms with van der Waals surface area (Å²) < 4.78 is 0. The average Bonchev–Trinajstić information content (AvgIpc) is 3.11. The molecule has 1 aromatic carbocycles. The fourth-order valence-corrected chi connectivity index (χ4v) is 4.50. The Labute approximate surface area is 228 Å². The molecule has 0 unspecified atom stereocenters. The van der Waals surface area contributed by atoms with Gasteiger partial charge in [0.25, 0.3) is 5.91 Å². The number of anilines is 1. The highest BCUT2D eigenvalue weighted by molar-refractivity contribution is 6.29. The summed E-state index contributed by atoms with van der Waals surface area (Å²) in [7, 11) is 0. The van der Waals surface area contributed by atoms with Gasteiger partial charge in [-0.25, -0.2) is 0 Å². The number of aromatic hydroxyl groups is 1. The van der Waals surface area contributed by atoms with Gasteiger partial charge in [-0.05, 0) is 49.1 Å². The third-order valence-electron chi connectivity index (χ3n) is 6.10. The minimum Gasteiger partial charge on any atom is -0.507 e. The van der Waals surface area contributed by atoms with E-state index in [-0.39, 0.29) is 17.4 Å². The maximum atomic E-state index is 12.5. The largest absolute Gasteiger partial charge is 0.507 e. The van der Waals surface area contributed by atoms with E-state index in [1.165, 1.54) is 12.3 Å². The Morgan fingerprint density at radius 1 is 1.18 bits per heavy atom. The number of nitrogens with one attached hydrogen (secondary N) is 1. The number of benzene rings is 1. The summed E-state index contributed by atoms with van der Waals surface area (Å²) in [5.41, 5.74) is 1.71. The molecule has 1 aromatic heterocycles. The number of carbonyl (C=O) groups excluding carboxylic acids is 1. The van der Waals surface area contributed by atoms with E-state index < -0.39 is 24.0 Å². The molecule has 4 atom stereocenters. The van der Waals surface area contributed by atoms with E-state index in [4.69, 9.17) is 11.6 Å². The van der Waals surface area contributed by atoms with E-state index in [2.05, 4.69) is 16.9 Å². The molecule has 198 valence electrons. The zero-order valence-electron chi connectivity index (χ0n) is 21.2. The first kappa shape index (κ1) is 28.9. The highest BCUT2D eigenvalue weighted by Crippen LogP contribution is 2.42. The van der Waals surface area contributed by atoms with Gasteiger partial charge in [0.15, 0.2) is 0 Å². The summed E-state index contributed by atoms with van der Waals surface area (Å²) in [5.74, 6) is -1.39. The van der Waals surface area contributed by atoms with Crippen LogP contribution in [-0.4, -0.2) is 32.3 Å². The molecule has 7 heteroatoms. The molecule has 2 aromatic rings. The van der Waals surface area contributed by atoms with Crippen molar-refractivity contribution in [1.82, 2.24) is 4.98 Å². The molecule has 0 saturated heterocycles. The van der Waals surface area contributed by atoms with E-state index in [0.717, 1.165) is 5.57 Å². The van der Waals surface area contributed by atoms with Crippen molar-refractivity contribution in [2.24, 2.45) is 11.8 Å². The Balaban J connectivity index is 1.97. The number of rotatable bonds is 11. The summed E-state index contributed by atoms with van der Waals surface area (Å²) in [6, 6.07) is 9.63. The highest BCUT2D eigenvalue weighted by Gasteiger charge is 2.32. The summed E-state index contributed by atoms with van der Waals surface area (Å²) >= 11 is 6.25. The SMILES string of the molecule is C=C/C=C\C=C\[C@H](C[C@@H](C)O)[C@@H](C1=CC=C(Cl)CC=C1)[C@H](O)c1ccc(NC(=O)c2ccccn2)cc1O. The Kier molecular flexibility index (Phi) is 10.8. The highest BCUT2D eigenvalue weighted by atomic mass is 35.5. The van der Waals surface area contributed by atoms with Crippen molar-refractivity contribution < 1.29 is 20.1 Å². The summed E-state index contributed by atoms with van der Waals surface area (Å²) in [6.07, 6.45) is 17.3. The van der Waals surface area contributed by atoms with E-state index in [0.29, 0.717) is 29.1 Å². The molecule has 0 radical (unpaired) electrons. The lowest BCUT2D eigenvalue weighted by atomic mass is 9.76. The van der Waals surface area contributed by atoms with Gasteiger partial charge in [0, 0.05) is 40.9 Å². The van der Waals surface area contributed by atoms with Gasteiger partial charge in [-0.1, -0.05) is 78.9 Å². The number of pyridine rings is 1. The molecule has 4 N–H and O–H groups in total. The van der Waals surface area contributed by atoms with Gasteiger partial charge >= 0.3 is 0 Å². The van der Waals surface area contributed by atoms with Crippen LogP contribution < -0.4 is 5.32 Å². The molecule has 0 saturated carbocycles. The van der Waals surface area contributed by atoms with Crippen molar-refractivity contribution in [2.45, 2.75) is 32.0 Å². The molecule has 1 aliphatic rings. The second kappa shape index (κ2) is 14.3. The molecule has 38 heavy (non-hydrogen) atoms. The number of aliphatic hydroxyl groups is 2. The number of amides is 1. The minimum atomic E-state index is -1.13. The van der Waals surface area contributed by atoms with Crippen LogP contribution in [0.4, 0.5) is 5.69 Å². The lowest BCUT2D eigenvalue weighted by Gasteiger charge is -2.32. The lowest BCUT2D eigenvalue weighted by molar-refractivity contribution is 0.0821. The van der Waals surface area contributed by atoms with Crippen molar-refractivity contribution in [3.05, 3.63) is 126 Å². The Bertz CT molecular complexity index is 1260. The predicted octanol–water partition coefficient (Wildman–Crippen LogP) is 6.38. The molecule has 1 amide bonds. The molecule has 0 fully saturated rings. The van der Waals surface area contributed by atoms with Gasteiger partial charge < -0.3 is 20.6 Å². The van der Waals surface area contributed by atoms with Crippen LogP contribution in [0.25, 0.3) is 0 Å². The van der Waals surface area contributed by atoms with Crippen molar-refractivity contribution in [2.75, 3.05) is 5.32 Å². The van der Waals surface area contributed by atoms with Crippen molar-refractivity contribution in [3.63, 3.8) is 0 Å². The van der Waals surface area contributed by atoms with Crippen LogP contribution in [0.1, 0.15) is 41.9 Å². The molecule has 1 heterocycles. The molecule has 0 spiro atoms. The minimum absolute atomic E-state index is 0.167. The second-order valence-electron chi connectivity index (χ2n) is 9.05. The number of carbonyl (C=O) groups is 1. The summed E-state index contributed by atoms with van der Waals surface area (Å²) in [6.45, 7) is 5.38. The van der Waals surface area contributed by atoms with Crippen molar-refractivity contribution in [1.29, 1.82) is 0 Å². The van der Waals surface area contributed by atoms with Gasteiger partial charge in [-0.3, -0.25) is 9.78 Å². The second-order valence-corrected chi connectivity index (χ2v) is 9.54. The number of halogens is 1. The zero-order chi connectivity index (χ0) is 27.5. The topological polar surface area (TPSA) is 103 Å². The van der Waals surface area contributed by atoms with Gasteiger partial charge in [0.05, 0.1) is 12.2 Å². The Morgan fingerprint density at radius 3 is 2.68 bits per heavy atom. The first-order valence-corrected chi connectivity index (χ1v) is 12.8. The summed E-state index contributed by atoms with van der Waals surface area (Å²) in [4.78, 5) is 16.5. The van der Waals surface area contributed by atoms with Crippen LogP contribution in [0.15, 0.2) is 114 Å². The van der Waals surface area contributed by atoms with E-state index in [9.17, 15) is 20.1 Å². The Morgan fingerprint density at radius 2 is 2.00 bits per heavy atom. The van der Waals surface area contributed by atoms with E-state index in [1.54, 1.807) is 55.5 Å². The summed E-state index contributed by atoms with van der Waals surface area (Å²) in [5, 5.41) is 36.2. The molecule has 6 nitrogen and oxygen atoms in total. The van der Waals surface area contributed by atoms with Crippen molar-refractivity contribution >= 4 is 23.2 Å². The molecular formula is C31H33ClN2O4. The fraction of sp³-hybridized carbons (Fsp3) is 0.226. The van der Waals surface area contributed by atoms with Gasteiger partial charge in [0.2, 0.25) is 0 Å². The fourth-order valence-electron chi connectivity index (χ4n) is 4.35. The predicted molar refractivity (Wildman–Crippen MR) is 153 cm³/mol. The number of hydrogen-bond acceptors (Lipinski definition) is 5. The van der Waals surface area contributed by atoms with E-state index in [1.807, 2.05) is 36.5 Å². The van der Waals surface area contributed by atoms with Crippen molar-refractivity contribution in [3.8, 4) is 5.75 Å². The first-order valence-electron chi connectivity index (χ1n) is 12.4. The maximum Gasteiger partial charge on any atom is 0.274 e. The monoisotopic (exact) mass is 532 g/mol. The molecular weight excluding hydrogens is 500 g/mol.